The molecule has 2 aromatic carbocycles. The number of anilines is 1. The zero-order valence-corrected chi connectivity index (χ0v) is 87.8. The Morgan fingerprint density at radius 2 is 0.908 bits per heavy atom. The van der Waals surface area contributed by atoms with E-state index in [1.807, 2.05) is 139 Å². The molecular weight excluding hydrogens is 1620 g/mol. The number of pyridine rings is 5. The maximum atomic E-state index is 11.2. The summed E-state index contributed by atoms with van der Waals surface area (Å²) in [5.74, 6) is 3.10. The number of rotatable bonds is 1. The van der Waals surface area contributed by atoms with Gasteiger partial charge in [-0.25, -0.2) is 29.9 Å². The van der Waals surface area contributed by atoms with Crippen molar-refractivity contribution in [2.75, 3.05) is 31.2 Å². The van der Waals surface area contributed by atoms with Gasteiger partial charge in [0, 0.05) is 201 Å². The highest BCUT2D eigenvalue weighted by Crippen LogP contribution is 2.30. The lowest BCUT2D eigenvalue weighted by Crippen LogP contribution is -2.37. The molecule has 0 radical (unpaired) electrons. The van der Waals surface area contributed by atoms with Crippen LogP contribution in [0.3, 0.4) is 0 Å². The lowest BCUT2D eigenvalue weighted by molar-refractivity contribution is -0.617. The summed E-state index contributed by atoms with van der Waals surface area (Å²) in [5, 5.41) is 26.6. The number of imidazole rings is 1. The number of ether oxygens (including phenoxy) is 1. The number of aromatic amines is 2. The molecule has 712 valence electrons. The van der Waals surface area contributed by atoms with Gasteiger partial charge in [0.15, 0.2) is 11.9 Å². The minimum atomic E-state index is -0.0665. The summed E-state index contributed by atoms with van der Waals surface area (Å²) < 4.78 is 8.30. The molecule has 12 heterocycles. The predicted molar refractivity (Wildman–Crippen MR) is 550 cm³/mol. The lowest BCUT2D eigenvalue weighted by Gasteiger charge is -2.28. The van der Waals surface area contributed by atoms with E-state index in [1.165, 1.54) is 45.2 Å². The van der Waals surface area contributed by atoms with Gasteiger partial charge in [0.1, 0.15) is 23.8 Å². The summed E-state index contributed by atoms with van der Waals surface area (Å²) in [6.07, 6.45) is 26.8. The van der Waals surface area contributed by atoms with Gasteiger partial charge in [-0.15, -0.1) is 0 Å². The van der Waals surface area contributed by atoms with Crippen LogP contribution >= 0.6 is 0 Å². The van der Waals surface area contributed by atoms with Crippen molar-refractivity contribution in [2.24, 2.45) is 7.05 Å². The molecule has 0 spiro atoms. The van der Waals surface area contributed by atoms with Crippen LogP contribution in [-0.4, -0.2) is 106 Å². The Morgan fingerprint density at radius 3 is 1.27 bits per heavy atom. The first-order valence-corrected chi connectivity index (χ1v) is 45.9. The SMILES string of the molecule is CC(C)(C)c1[nH]nc2ccccc12.CC(C)(C)c1ccc(N2CCOCC2)nc1.CC(C)(C)c1cccc[n+]1[O-].CC(C)(C)c1ccccc1.CC(C)(C)c1ccccn1.CC(C)(C)c1ccn[nH]1.CC(C)(C)c1ccncn1.CC(C)(C)c1cnccn1.CC(C)(C)c1ncccn1.Cc1cccc(C(C)(C)C)n1.Cc1ccncc1C(C)(C)C.Cn1ccnc1C(C)(C)C. The number of hydrogen-bond donors (Lipinski definition) is 2. The predicted octanol–water partition coefficient (Wildman–Crippen LogP) is 26.2. The summed E-state index contributed by atoms with van der Waals surface area (Å²) >= 11 is 0. The number of H-pyrrole nitrogens is 2. The van der Waals surface area contributed by atoms with Crippen molar-refractivity contribution < 1.29 is 9.47 Å². The van der Waals surface area contributed by atoms with E-state index in [9.17, 15) is 5.21 Å². The second-order valence-electron chi connectivity index (χ2n) is 45.1. The Bertz CT molecular complexity index is 4890. The quantitative estimate of drug-likeness (QED) is 0.115. The molecule has 2 N–H and O–H groups in total. The summed E-state index contributed by atoms with van der Waals surface area (Å²) in [7, 11) is 2.02. The number of nitrogens with zero attached hydrogens (tertiary/aromatic N) is 16. The molecule has 20 heteroatoms. The van der Waals surface area contributed by atoms with E-state index in [0.717, 1.165) is 88.2 Å². The number of para-hydroxylation sites is 1. The molecular formula is C111H166N18O2. The van der Waals surface area contributed by atoms with E-state index < -0.39 is 0 Å². The Morgan fingerprint density at radius 1 is 0.366 bits per heavy atom. The van der Waals surface area contributed by atoms with Crippen molar-refractivity contribution in [3.05, 3.63) is 323 Å². The highest BCUT2D eigenvalue weighted by atomic mass is 16.5. The van der Waals surface area contributed by atoms with E-state index in [2.05, 4.69) is 393 Å². The number of benzene rings is 2. The van der Waals surface area contributed by atoms with Crippen LogP contribution in [0.4, 0.5) is 5.82 Å². The second-order valence-corrected chi connectivity index (χ2v) is 45.1. The van der Waals surface area contributed by atoms with Crippen molar-refractivity contribution in [1.82, 2.24) is 79.8 Å². The molecule has 11 aromatic heterocycles. The smallest absolute Gasteiger partial charge is 0.198 e. The summed E-state index contributed by atoms with van der Waals surface area (Å²) in [6.45, 7) is 85.2. The van der Waals surface area contributed by atoms with E-state index in [-0.39, 0.29) is 59.6 Å². The van der Waals surface area contributed by atoms with Gasteiger partial charge in [0.25, 0.3) is 0 Å². The molecule has 0 bridgehead atoms. The van der Waals surface area contributed by atoms with Crippen LogP contribution in [-0.2, 0) is 76.8 Å². The van der Waals surface area contributed by atoms with Crippen LogP contribution < -0.4 is 9.63 Å². The number of fused-ring (bicyclic) bond motifs is 1. The molecule has 0 atom stereocenters. The molecule has 1 aliphatic rings. The zero-order valence-electron chi connectivity index (χ0n) is 87.8. The molecule has 1 aliphatic heterocycles. The number of morpholine rings is 1. The van der Waals surface area contributed by atoms with E-state index >= 15 is 0 Å². The Hall–Kier alpha value is -11.1. The van der Waals surface area contributed by atoms with Crippen molar-refractivity contribution >= 4 is 16.7 Å². The molecule has 20 nitrogen and oxygen atoms in total. The molecule has 0 unspecified atom stereocenters. The molecule has 1 fully saturated rings. The third kappa shape index (κ3) is 44.1. The molecule has 13 aromatic rings. The van der Waals surface area contributed by atoms with E-state index in [1.54, 1.807) is 55.8 Å². The van der Waals surface area contributed by atoms with Gasteiger partial charge < -0.3 is 19.4 Å². The van der Waals surface area contributed by atoms with Crippen LogP contribution in [0.1, 0.15) is 329 Å². The second kappa shape index (κ2) is 51.1. The van der Waals surface area contributed by atoms with Crippen molar-refractivity contribution in [1.29, 1.82) is 0 Å². The fraction of sp³-hybridized carbons (Fsp3) is 0.495. The number of hydrogen-bond acceptors (Lipinski definition) is 16. The average molecular weight is 1780 g/mol. The lowest BCUT2D eigenvalue weighted by atomic mass is 9.86. The van der Waals surface area contributed by atoms with Gasteiger partial charge in [-0.1, -0.05) is 316 Å². The highest BCUT2D eigenvalue weighted by molar-refractivity contribution is 5.82. The van der Waals surface area contributed by atoms with Crippen LogP contribution in [0.2, 0.25) is 0 Å². The van der Waals surface area contributed by atoms with Gasteiger partial charge in [-0.3, -0.25) is 35.1 Å². The standard InChI is InChI=1S/C13H20N2O.C11H14N2.2C10H15N.C10H14.C9H13NO.C9H13N.C8H14N2.3C8H12N2.C7H12N2/c1-13(2,3)11-4-5-12(14-10-11)15-6-8-16-9-7-15;1-11(2,3)10-8-6-4-5-7-9(8)12-13-10;1-8-5-6-11-7-9(8)10(2,3)4;1-8-6-5-7-9(11-8)10(2,3)4;1-10(2,3)9-7-5-4-6-8-9;1-9(2,3)8-6-4-5-7-10(8)11;1-9(2,3)8-6-4-5-7-10-8;1-8(2,3)7-9-5-6-10(7)4;1-8(2,3)7-6-9-4-5-10-7;1-8(2,3)7-4-5-9-6-10-7;1-8(2,3)7-9-5-4-6-10-7;1-7(2,3)6-4-5-8-9-6/h4-5,10H,6-9H2,1-3H3;4-7H,1-3H3,(H,12,13);2*5-7H,1-4H3;4-8H,1-3H3;4-7H,1-3H3;4-7H,1-3H3;5-6H,1-4H3;3*4-6H,1-3H3;4-5H,1-3H3,(H,8,9). The summed E-state index contributed by atoms with van der Waals surface area (Å²) in [5.41, 5.74) is 16.9. The molecule has 0 saturated carbocycles. The Kier molecular flexibility index (Phi) is 44.4. The van der Waals surface area contributed by atoms with Crippen molar-refractivity contribution in [2.45, 2.75) is 328 Å². The normalized spacial score (nSPS) is 12.4. The van der Waals surface area contributed by atoms with Gasteiger partial charge in [-0.05, 0) is 119 Å². The van der Waals surface area contributed by atoms with Crippen LogP contribution in [0, 0.1) is 19.1 Å². The number of nitrogens with one attached hydrogen (secondary N) is 2. The zero-order chi connectivity index (χ0) is 99.3. The molecule has 1 saturated heterocycles. The van der Waals surface area contributed by atoms with Gasteiger partial charge in [0.2, 0.25) is 0 Å². The first-order valence-electron chi connectivity index (χ1n) is 45.9. The van der Waals surface area contributed by atoms with Crippen LogP contribution in [0.25, 0.3) is 10.9 Å². The van der Waals surface area contributed by atoms with Gasteiger partial charge in [-0.2, -0.15) is 14.9 Å². The van der Waals surface area contributed by atoms with E-state index in [4.69, 9.17) is 4.74 Å². The first kappa shape index (κ1) is 114. The Labute approximate surface area is 791 Å². The summed E-state index contributed by atoms with van der Waals surface area (Å²) in [6, 6.07) is 48.5. The van der Waals surface area contributed by atoms with Crippen molar-refractivity contribution in [3.8, 4) is 0 Å². The minimum Gasteiger partial charge on any atom is -0.618 e. The Balaban J connectivity index is 0.000000369. The van der Waals surface area contributed by atoms with Crippen LogP contribution in [0.15, 0.2) is 239 Å². The largest absolute Gasteiger partial charge is 0.618 e. The third-order valence-corrected chi connectivity index (χ3v) is 20.0. The average Bonchev–Trinajstić information content (AvgIpc) is 1.66. The molecule has 14 rings (SSSR count). The number of aromatic nitrogens is 17. The summed E-state index contributed by atoms with van der Waals surface area (Å²) in [4.78, 5) is 48.3. The fourth-order valence-corrected chi connectivity index (χ4v) is 12.2. The monoisotopic (exact) mass is 1780 g/mol. The molecule has 131 heavy (non-hydrogen) atoms. The number of aryl methyl sites for hydroxylation is 3. The topological polar surface area (TPSA) is 243 Å². The molecule has 0 amide bonds. The molecule has 0 aliphatic carbocycles. The van der Waals surface area contributed by atoms with Crippen LogP contribution in [0.5, 0.6) is 0 Å². The minimum absolute atomic E-state index is 0.0665. The van der Waals surface area contributed by atoms with Crippen molar-refractivity contribution in [3.63, 3.8) is 0 Å². The van der Waals surface area contributed by atoms with E-state index in [0.29, 0.717) is 5.41 Å². The van der Waals surface area contributed by atoms with Gasteiger partial charge in [0.05, 0.1) is 24.4 Å². The fourth-order valence-electron chi connectivity index (χ4n) is 12.2. The van der Waals surface area contributed by atoms with Gasteiger partial charge >= 0.3 is 0 Å². The maximum Gasteiger partial charge on any atom is 0.198 e. The maximum absolute atomic E-state index is 11.2. The first-order chi connectivity index (χ1) is 60.3. The third-order valence-electron chi connectivity index (χ3n) is 20.0. The highest BCUT2D eigenvalue weighted by Gasteiger charge is 2.25.